The van der Waals surface area contributed by atoms with Gasteiger partial charge in [-0.2, -0.15) is 0 Å². The number of ether oxygens (including phenoxy) is 2. The van der Waals surface area contributed by atoms with Gasteiger partial charge in [0.2, 0.25) is 0 Å². The van der Waals surface area contributed by atoms with E-state index in [9.17, 15) is 0 Å². The van der Waals surface area contributed by atoms with Crippen LogP contribution in [0.25, 0.3) is 0 Å². The minimum Gasteiger partial charge on any atom is -0.490 e. The monoisotopic (exact) mass is 328 g/mol. The maximum absolute atomic E-state index is 5.79. The van der Waals surface area contributed by atoms with E-state index in [1.807, 2.05) is 36.5 Å². The zero-order valence-electron chi connectivity index (χ0n) is 13.7. The Morgan fingerprint density at radius 3 is 2.75 bits per heavy atom. The molecule has 2 atom stereocenters. The third-order valence-corrected chi connectivity index (χ3v) is 3.89. The Balaban J connectivity index is 1.33. The van der Waals surface area contributed by atoms with Crippen molar-refractivity contribution in [2.45, 2.75) is 18.5 Å². The lowest BCUT2D eigenvalue weighted by Crippen LogP contribution is -2.58. The number of aromatic nitrogens is 2. The van der Waals surface area contributed by atoms with Crippen LogP contribution in [0, 0.1) is 0 Å². The molecule has 6 nitrogen and oxygen atoms in total. The number of pyridine rings is 2. The molecule has 2 N–H and O–H groups in total. The van der Waals surface area contributed by atoms with E-state index in [1.165, 1.54) is 0 Å². The van der Waals surface area contributed by atoms with E-state index in [4.69, 9.17) is 9.47 Å². The fraction of sp³-hybridized carbons (Fsp3) is 0.444. The molecular formula is C18H24N4O2. The lowest BCUT2D eigenvalue weighted by atomic mass is 10.1. The maximum Gasteiger partial charge on any atom is 0.137 e. The summed E-state index contributed by atoms with van der Waals surface area (Å²) in [5.74, 6) is 0.799. The highest BCUT2D eigenvalue weighted by atomic mass is 16.5. The molecule has 1 aliphatic heterocycles. The van der Waals surface area contributed by atoms with Gasteiger partial charge in [0.25, 0.3) is 0 Å². The first kappa shape index (κ1) is 16.8. The summed E-state index contributed by atoms with van der Waals surface area (Å²) in [4.78, 5) is 8.35. The smallest absolute Gasteiger partial charge is 0.137 e. The molecule has 0 saturated carbocycles. The first-order valence-electron chi connectivity index (χ1n) is 8.37. The highest BCUT2D eigenvalue weighted by molar-refractivity contribution is 5.15. The topological polar surface area (TPSA) is 68.3 Å². The summed E-state index contributed by atoms with van der Waals surface area (Å²) >= 11 is 0. The van der Waals surface area contributed by atoms with Crippen LogP contribution in [-0.4, -0.2) is 55.0 Å². The SMILES string of the molecule is c1ccc(CCOCC2CNCC(COc3cccnc3)N2)nc1. The van der Waals surface area contributed by atoms with E-state index in [0.717, 1.165) is 31.0 Å². The van der Waals surface area contributed by atoms with E-state index in [2.05, 4.69) is 20.6 Å². The van der Waals surface area contributed by atoms with Gasteiger partial charge in [-0.15, -0.1) is 0 Å². The van der Waals surface area contributed by atoms with Gasteiger partial charge in [-0.05, 0) is 24.3 Å². The Bertz CT molecular complexity index is 582. The lowest BCUT2D eigenvalue weighted by molar-refractivity contribution is 0.0961. The van der Waals surface area contributed by atoms with Crippen LogP contribution in [0.2, 0.25) is 0 Å². The number of nitrogens with zero attached hydrogens (tertiary/aromatic N) is 2. The third-order valence-electron chi connectivity index (χ3n) is 3.89. The Morgan fingerprint density at radius 2 is 1.96 bits per heavy atom. The number of piperazine rings is 1. The fourth-order valence-electron chi connectivity index (χ4n) is 2.67. The molecule has 0 bridgehead atoms. The molecule has 2 aromatic rings. The number of hydrogen-bond donors (Lipinski definition) is 2. The predicted octanol–water partition coefficient (Wildman–Crippen LogP) is 1.04. The summed E-state index contributed by atoms with van der Waals surface area (Å²) in [7, 11) is 0. The van der Waals surface area contributed by atoms with Crippen molar-refractivity contribution in [1.82, 2.24) is 20.6 Å². The molecule has 3 rings (SSSR count). The molecule has 24 heavy (non-hydrogen) atoms. The van der Waals surface area contributed by atoms with Crippen LogP contribution in [0.15, 0.2) is 48.9 Å². The van der Waals surface area contributed by atoms with E-state index in [1.54, 1.807) is 12.4 Å². The van der Waals surface area contributed by atoms with Gasteiger partial charge in [0, 0.05) is 43.6 Å². The van der Waals surface area contributed by atoms with Gasteiger partial charge in [-0.3, -0.25) is 9.97 Å². The van der Waals surface area contributed by atoms with Crippen molar-refractivity contribution in [2.24, 2.45) is 0 Å². The van der Waals surface area contributed by atoms with Crippen molar-refractivity contribution in [2.75, 3.05) is 32.9 Å². The third kappa shape index (κ3) is 5.56. The molecule has 0 amide bonds. The van der Waals surface area contributed by atoms with Gasteiger partial charge in [-0.1, -0.05) is 6.07 Å². The second-order valence-corrected chi connectivity index (χ2v) is 5.86. The highest BCUT2D eigenvalue weighted by Gasteiger charge is 2.21. The molecule has 1 aliphatic rings. The van der Waals surface area contributed by atoms with Crippen molar-refractivity contribution in [3.63, 3.8) is 0 Å². The maximum atomic E-state index is 5.79. The van der Waals surface area contributed by atoms with Crippen LogP contribution >= 0.6 is 0 Å². The van der Waals surface area contributed by atoms with Crippen LogP contribution in [0.5, 0.6) is 5.75 Å². The van der Waals surface area contributed by atoms with Crippen LogP contribution in [0.1, 0.15) is 5.69 Å². The minimum atomic E-state index is 0.267. The van der Waals surface area contributed by atoms with Gasteiger partial charge in [0.1, 0.15) is 12.4 Å². The summed E-state index contributed by atoms with van der Waals surface area (Å²) in [6.07, 6.45) is 6.13. The molecule has 1 fully saturated rings. The highest BCUT2D eigenvalue weighted by Crippen LogP contribution is 2.07. The molecule has 2 unspecified atom stereocenters. The van der Waals surface area contributed by atoms with Gasteiger partial charge < -0.3 is 20.1 Å². The summed E-state index contributed by atoms with van der Waals surface area (Å²) in [6.45, 7) is 3.79. The van der Waals surface area contributed by atoms with Crippen LogP contribution in [0.4, 0.5) is 0 Å². The molecule has 6 heteroatoms. The van der Waals surface area contributed by atoms with Crippen LogP contribution in [-0.2, 0) is 11.2 Å². The van der Waals surface area contributed by atoms with Gasteiger partial charge >= 0.3 is 0 Å². The largest absolute Gasteiger partial charge is 0.490 e. The first-order chi connectivity index (χ1) is 11.9. The summed E-state index contributed by atoms with van der Waals surface area (Å²) in [5, 5.41) is 7.00. The van der Waals surface area contributed by atoms with Crippen molar-refractivity contribution in [1.29, 1.82) is 0 Å². The average molecular weight is 328 g/mol. The van der Waals surface area contributed by atoms with E-state index in [-0.39, 0.29) is 6.04 Å². The molecule has 3 heterocycles. The Hall–Kier alpha value is -2.02. The van der Waals surface area contributed by atoms with Crippen molar-refractivity contribution >= 4 is 0 Å². The van der Waals surface area contributed by atoms with E-state index < -0.39 is 0 Å². The Labute approximate surface area is 142 Å². The molecule has 0 spiro atoms. The molecule has 128 valence electrons. The fourth-order valence-corrected chi connectivity index (χ4v) is 2.67. The Morgan fingerprint density at radius 1 is 1.04 bits per heavy atom. The zero-order chi connectivity index (χ0) is 16.5. The molecule has 0 aliphatic carbocycles. The Kier molecular flexibility index (Phi) is 6.53. The van der Waals surface area contributed by atoms with Crippen LogP contribution < -0.4 is 15.4 Å². The van der Waals surface area contributed by atoms with Crippen molar-refractivity contribution < 1.29 is 9.47 Å². The molecule has 0 radical (unpaired) electrons. The quantitative estimate of drug-likeness (QED) is 0.706. The molecule has 2 aromatic heterocycles. The lowest BCUT2D eigenvalue weighted by Gasteiger charge is -2.31. The molecule has 0 aromatic carbocycles. The number of rotatable bonds is 8. The van der Waals surface area contributed by atoms with E-state index >= 15 is 0 Å². The summed E-state index contributed by atoms with van der Waals surface area (Å²) in [5.41, 5.74) is 1.06. The van der Waals surface area contributed by atoms with Gasteiger partial charge in [0.05, 0.1) is 25.5 Å². The number of hydrogen-bond acceptors (Lipinski definition) is 6. The standard InChI is InChI=1S/C18H24N4O2/c1-2-8-21-15(4-1)6-9-23-13-16-10-20-11-17(22-16)14-24-18-5-3-7-19-12-18/h1-5,7-8,12,16-17,20,22H,6,9-11,13-14H2. The second kappa shape index (κ2) is 9.32. The molecular weight excluding hydrogens is 304 g/mol. The van der Waals surface area contributed by atoms with Gasteiger partial charge in [-0.25, -0.2) is 0 Å². The number of nitrogens with one attached hydrogen (secondary N) is 2. The van der Waals surface area contributed by atoms with Gasteiger partial charge in [0.15, 0.2) is 0 Å². The predicted molar refractivity (Wildman–Crippen MR) is 92.1 cm³/mol. The van der Waals surface area contributed by atoms with Crippen LogP contribution in [0.3, 0.4) is 0 Å². The van der Waals surface area contributed by atoms with Crippen molar-refractivity contribution in [3.05, 3.63) is 54.6 Å². The zero-order valence-corrected chi connectivity index (χ0v) is 13.7. The summed E-state index contributed by atoms with van der Waals surface area (Å²) < 4.78 is 11.6. The summed E-state index contributed by atoms with van der Waals surface area (Å²) in [6, 6.07) is 10.3. The van der Waals surface area contributed by atoms with Crippen molar-refractivity contribution in [3.8, 4) is 5.75 Å². The first-order valence-corrected chi connectivity index (χ1v) is 8.37. The second-order valence-electron chi connectivity index (χ2n) is 5.86. The molecule has 1 saturated heterocycles. The minimum absolute atomic E-state index is 0.267. The average Bonchev–Trinajstić information content (AvgIpc) is 2.66. The normalized spacial score (nSPS) is 20.7. The van der Waals surface area contributed by atoms with E-state index in [0.29, 0.717) is 25.9 Å².